The zero-order valence-corrected chi connectivity index (χ0v) is 19.7. The second-order valence-electron chi connectivity index (χ2n) is 6.68. The van der Waals surface area contributed by atoms with E-state index in [-0.39, 0.29) is 24.0 Å². The molecule has 10 heteroatoms. The fourth-order valence-electron chi connectivity index (χ4n) is 2.74. The maximum absolute atomic E-state index is 12.6. The summed E-state index contributed by atoms with van der Waals surface area (Å²) in [5, 5.41) is 14.5. The lowest BCUT2D eigenvalue weighted by atomic mass is 10.1. The van der Waals surface area contributed by atoms with E-state index in [0.29, 0.717) is 25.5 Å². The summed E-state index contributed by atoms with van der Waals surface area (Å²) in [4.78, 5) is 4.56. The second-order valence-corrected chi connectivity index (χ2v) is 6.68. The number of hydrogen-bond donors (Lipinski definition) is 2. The van der Waals surface area contributed by atoms with Crippen LogP contribution in [0, 0.1) is 0 Å². The fourth-order valence-corrected chi connectivity index (χ4v) is 2.74. The Hall–Kier alpha value is -1.85. The highest BCUT2D eigenvalue weighted by Crippen LogP contribution is 2.29. The number of guanidine groups is 1. The maximum Gasteiger partial charge on any atom is 0.416 e. The Kier molecular flexibility index (Phi) is 11.7. The second kappa shape index (κ2) is 13.5. The molecule has 2 N–H and O–H groups in total. The molecule has 30 heavy (non-hydrogen) atoms. The Morgan fingerprint density at radius 2 is 1.80 bits per heavy atom. The monoisotopic (exact) mass is 538 g/mol. The Morgan fingerprint density at radius 3 is 2.43 bits per heavy atom. The number of benzene rings is 1. The van der Waals surface area contributed by atoms with Crippen LogP contribution >= 0.6 is 24.0 Å². The number of nitrogens with zero attached hydrogens (tertiary/aromatic N) is 4. The molecule has 0 saturated carbocycles. The lowest BCUT2D eigenvalue weighted by Gasteiger charge is -2.14. The fraction of sp³-hybridized carbons (Fsp3) is 0.550. The molecule has 0 aliphatic heterocycles. The van der Waals surface area contributed by atoms with E-state index in [9.17, 15) is 13.2 Å². The molecule has 0 bridgehead atoms. The standard InChI is InChI=1S/C20H29F3N6.HI/c1-3-5-11-24-19(26-13-14-29-15-27-28-18(29)4-2)25-12-10-16-6-8-17(9-7-16)20(21,22)23;/h6-9,15H,3-5,10-14H2,1-2H3,(H2,24,25,26);1H. The minimum Gasteiger partial charge on any atom is -0.356 e. The van der Waals surface area contributed by atoms with Gasteiger partial charge >= 0.3 is 6.18 Å². The number of aryl methyl sites for hydroxylation is 1. The molecule has 1 aromatic carbocycles. The van der Waals surface area contributed by atoms with E-state index in [1.54, 1.807) is 6.33 Å². The van der Waals surface area contributed by atoms with Crippen molar-refractivity contribution in [1.82, 2.24) is 25.4 Å². The van der Waals surface area contributed by atoms with E-state index >= 15 is 0 Å². The van der Waals surface area contributed by atoms with Gasteiger partial charge in [0, 0.05) is 32.6 Å². The van der Waals surface area contributed by atoms with Crippen LogP contribution in [0.4, 0.5) is 13.2 Å². The quantitative estimate of drug-likeness (QED) is 0.207. The van der Waals surface area contributed by atoms with E-state index in [0.717, 1.165) is 55.9 Å². The first-order chi connectivity index (χ1) is 13.9. The Bertz CT molecular complexity index is 759. The van der Waals surface area contributed by atoms with Crippen molar-refractivity contribution < 1.29 is 13.2 Å². The highest BCUT2D eigenvalue weighted by molar-refractivity contribution is 14.0. The van der Waals surface area contributed by atoms with Crippen LogP contribution < -0.4 is 10.6 Å². The molecule has 2 rings (SSSR count). The van der Waals surface area contributed by atoms with Crippen molar-refractivity contribution in [2.75, 3.05) is 19.6 Å². The van der Waals surface area contributed by atoms with E-state index in [1.165, 1.54) is 12.1 Å². The lowest BCUT2D eigenvalue weighted by Crippen LogP contribution is -2.40. The van der Waals surface area contributed by atoms with Crippen LogP contribution in [-0.4, -0.2) is 40.4 Å². The molecule has 0 atom stereocenters. The van der Waals surface area contributed by atoms with Crippen LogP contribution in [0.2, 0.25) is 0 Å². The summed E-state index contributed by atoms with van der Waals surface area (Å²) in [7, 11) is 0. The van der Waals surface area contributed by atoms with Crippen molar-refractivity contribution in [3.8, 4) is 0 Å². The van der Waals surface area contributed by atoms with Gasteiger partial charge in [0.25, 0.3) is 0 Å². The summed E-state index contributed by atoms with van der Waals surface area (Å²) in [5.41, 5.74) is 0.216. The van der Waals surface area contributed by atoms with Crippen LogP contribution in [0.3, 0.4) is 0 Å². The van der Waals surface area contributed by atoms with Crippen LogP contribution in [0.15, 0.2) is 35.6 Å². The van der Waals surface area contributed by atoms with Gasteiger partial charge in [-0.1, -0.05) is 32.4 Å². The minimum absolute atomic E-state index is 0. The summed E-state index contributed by atoms with van der Waals surface area (Å²) in [6.45, 7) is 6.84. The van der Waals surface area contributed by atoms with Crippen molar-refractivity contribution in [2.45, 2.75) is 52.3 Å². The molecule has 0 spiro atoms. The van der Waals surface area contributed by atoms with Crippen molar-refractivity contribution in [3.63, 3.8) is 0 Å². The van der Waals surface area contributed by atoms with Crippen LogP contribution in [-0.2, 0) is 25.6 Å². The summed E-state index contributed by atoms with van der Waals surface area (Å²) >= 11 is 0. The average molecular weight is 538 g/mol. The Morgan fingerprint density at radius 1 is 1.10 bits per heavy atom. The number of hydrogen-bond acceptors (Lipinski definition) is 3. The predicted molar refractivity (Wildman–Crippen MR) is 123 cm³/mol. The lowest BCUT2D eigenvalue weighted by molar-refractivity contribution is -0.137. The number of unbranched alkanes of at least 4 members (excludes halogenated alkanes) is 1. The van der Waals surface area contributed by atoms with Crippen molar-refractivity contribution >= 4 is 29.9 Å². The van der Waals surface area contributed by atoms with Gasteiger partial charge in [-0.05, 0) is 30.5 Å². The number of rotatable bonds is 10. The SMILES string of the molecule is CCCCN=C(NCCc1ccc(C(F)(F)F)cc1)NCCn1cnnc1CC.I. The van der Waals surface area contributed by atoms with E-state index in [4.69, 9.17) is 0 Å². The summed E-state index contributed by atoms with van der Waals surface area (Å²) in [6, 6.07) is 5.27. The molecule has 0 saturated heterocycles. The number of alkyl halides is 3. The summed E-state index contributed by atoms with van der Waals surface area (Å²) in [5.74, 6) is 1.64. The van der Waals surface area contributed by atoms with Gasteiger partial charge in [0.15, 0.2) is 5.96 Å². The zero-order valence-electron chi connectivity index (χ0n) is 17.4. The molecule has 6 nitrogen and oxygen atoms in total. The Balaban J connectivity index is 0.00000450. The third-order valence-corrected chi connectivity index (χ3v) is 4.43. The molecule has 0 amide bonds. The smallest absolute Gasteiger partial charge is 0.356 e. The van der Waals surface area contributed by atoms with Gasteiger partial charge in [-0.2, -0.15) is 13.2 Å². The van der Waals surface area contributed by atoms with Crippen molar-refractivity contribution in [1.29, 1.82) is 0 Å². The normalized spacial score (nSPS) is 11.8. The first-order valence-corrected chi connectivity index (χ1v) is 9.99. The summed E-state index contributed by atoms with van der Waals surface area (Å²) in [6.07, 6.45) is 0.898. The van der Waals surface area contributed by atoms with Gasteiger partial charge in [0.05, 0.1) is 5.56 Å². The maximum atomic E-state index is 12.6. The number of halogens is 4. The molecule has 0 fully saturated rings. The van der Waals surface area contributed by atoms with Gasteiger partial charge in [-0.25, -0.2) is 0 Å². The number of nitrogens with one attached hydrogen (secondary N) is 2. The first-order valence-electron chi connectivity index (χ1n) is 9.99. The summed E-state index contributed by atoms with van der Waals surface area (Å²) < 4.78 is 39.9. The van der Waals surface area contributed by atoms with Gasteiger partial charge in [0.1, 0.15) is 12.2 Å². The first kappa shape index (κ1) is 26.2. The van der Waals surface area contributed by atoms with Crippen molar-refractivity contribution in [2.24, 2.45) is 4.99 Å². The van der Waals surface area contributed by atoms with E-state index < -0.39 is 11.7 Å². The molecule has 1 heterocycles. The predicted octanol–water partition coefficient (Wildman–Crippen LogP) is 4.06. The highest BCUT2D eigenvalue weighted by atomic mass is 127. The van der Waals surface area contributed by atoms with Crippen LogP contribution in [0.1, 0.15) is 43.6 Å². The molecule has 0 aliphatic rings. The molecule has 168 valence electrons. The average Bonchev–Trinajstić information content (AvgIpc) is 3.15. The largest absolute Gasteiger partial charge is 0.416 e. The molecule has 1 aromatic heterocycles. The topological polar surface area (TPSA) is 67.1 Å². The number of aromatic nitrogens is 3. The third-order valence-electron chi connectivity index (χ3n) is 4.43. The third kappa shape index (κ3) is 8.88. The van der Waals surface area contributed by atoms with Gasteiger partial charge < -0.3 is 15.2 Å². The Labute approximate surface area is 192 Å². The molecular weight excluding hydrogens is 508 g/mol. The highest BCUT2D eigenvalue weighted by Gasteiger charge is 2.29. The molecule has 2 aromatic rings. The molecule has 0 unspecified atom stereocenters. The van der Waals surface area contributed by atoms with E-state index in [2.05, 4.69) is 32.7 Å². The minimum atomic E-state index is -4.30. The van der Waals surface area contributed by atoms with E-state index in [1.807, 2.05) is 11.5 Å². The number of aliphatic imine (C=N–C) groups is 1. The zero-order chi connectivity index (χ0) is 21.1. The van der Waals surface area contributed by atoms with Gasteiger partial charge in [0.2, 0.25) is 0 Å². The molecular formula is C20H30F3IN6. The van der Waals surface area contributed by atoms with Gasteiger partial charge in [-0.3, -0.25) is 4.99 Å². The molecule has 0 aliphatic carbocycles. The van der Waals surface area contributed by atoms with Crippen LogP contribution in [0.25, 0.3) is 0 Å². The van der Waals surface area contributed by atoms with Crippen LogP contribution in [0.5, 0.6) is 0 Å². The van der Waals surface area contributed by atoms with Crippen molar-refractivity contribution in [3.05, 3.63) is 47.5 Å². The molecule has 0 radical (unpaired) electrons. The van der Waals surface area contributed by atoms with Gasteiger partial charge in [-0.15, -0.1) is 34.2 Å².